The predicted molar refractivity (Wildman–Crippen MR) is 95.0 cm³/mol. The number of rotatable bonds is 5. The van der Waals surface area contributed by atoms with E-state index in [4.69, 9.17) is 4.74 Å². The quantitative estimate of drug-likeness (QED) is 0.787. The summed E-state index contributed by atoms with van der Waals surface area (Å²) in [7, 11) is 0. The van der Waals surface area contributed by atoms with Crippen LogP contribution >= 0.6 is 0 Å². The molecule has 26 heavy (non-hydrogen) atoms. The number of carbonyl (C=O) groups excluding carboxylic acids is 1. The fourth-order valence-corrected chi connectivity index (χ4v) is 2.70. The molecular weight excluding hydrogens is 336 g/mol. The van der Waals surface area contributed by atoms with Gasteiger partial charge in [0.1, 0.15) is 5.75 Å². The number of anilines is 1. The summed E-state index contributed by atoms with van der Waals surface area (Å²) in [5.41, 5.74) is 1.05. The zero-order chi connectivity index (χ0) is 18.4. The molecule has 1 aromatic carbocycles. The van der Waals surface area contributed by atoms with E-state index in [1.165, 1.54) is 0 Å². The van der Waals surface area contributed by atoms with Crippen LogP contribution in [0.4, 0.5) is 10.5 Å². The zero-order valence-corrected chi connectivity index (χ0v) is 14.1. The summed E-state index contributed by atoms with van der Waals surface area (Å²) in [5.74, 6) is -0.875. The van der Waals surface area contributed by atoms with Crippen molar-refractivity contribution in [1.29, 1.82) is 0 Å². The number of carboxylic acids is 1. The molecule has 2 heterocycles. The van der Waals surface area contributed by atoms with Gasteiger partial charge in [-0.2, -0.15) is 0 Å². The first-order valence-corrected chi connectivity index (χ1v) is 8.28. The molecule has 3 rings (SSSR count). The van der Waals surface area contributed by atoms with E-state index in [0.717, 1.165) is 5.69 Å². The van der Waals surface area contributed by atoms with E-state index in [1.807, 2.05) is 12.1 Å². The number of piperazine rings is 1. The molecule has 136 valence electrons. The zero-order valence-electron chi connectivity index (χ0n) is 14.1. The molecule has 2 N–H and O–H groups in total. The van der Waals surface area contributed by atoms with Crippen LogP contribution in [0.2, 0.25) is 0 Å². The minimum absolute atomic E-state index is 0.378. The van der Waals surface area contributed by atoms with Crippen molar-refractivity contribution >= 4 is 17.7 Å². The van der Waals surface area contributed by atoms with Crippen molar-refractivity contribution in [1.82, 2.24) is 15.2 Å². The maximum atomic E-state index is 12.4. The second-order valence-corrected chi connectivity index (χ2v) is 5.78. The number of nitrogens with zero attached hydrogens (tertiary/aromatic N) is 3. The number of urea groups is 1. The van der Waals surface area contributed by atoms with Crippen molar-refractivity contribution in [2.45, 2.75) is 6.23 Å². The molecule has 8 nitrogen and oxygen atoms in total. The monoisotopic (exact) mass is 356 g/mol. The number of nitrogens with one attached hydrogen (secondary N) is 1. The lowest BCUT2D eigenvalue weighted by atomic mass is 10.3. The first-order chi connectivity index (χ1) is 12.6. The predicted octanol–water partition coefficient (Wildman–Crippen LogP) is 1.40. The normalized spacial score (nSPS) is 15.2. The van der Waals surface area contributed by atoms with E-state index in [-0.39, 0.29) is 0 Å². The standard InChI is InChI=1S/C18H20N4O4/c23-17(24)16(26-15-4-2-1-3-5-15)20-18(25)22-12-10-21(11-13-22)14-6-8-19-9-7-14/h1-9,16H,10-13H2,(H,20,25)(H,23,24). The Bertz CT molecular complexity index is 733. The molecule has 1 aromatic heterocycles. The maximum Gasteiger partial charge on any atom is 0.366 e. The largest absolute Gasteiger partial charge is 0.477 e. The third-order valence-electron chi connectivity index (χ3n) is 4.07. The van der Waals surface area contributed by atoms with Crippen molar-refractivity contribution in [3.8, 4) is 5.75 Å². The minimum Gasteiger partial charge on any atom is -0.477 e. The van der Waals surface area contributed by atoms with Crippen molar-refractivity contribution in [3.63, 3.8) is 0 Å². The van der Waals surface area contributed by atoms with Gasteiger partial charge in [-0.05, 0) is 24.3 Å². The highest BCUT2D eigenvalue weighted by Crippen LogP contribution is 2.15. The number of hydrogen-bond donors (Lipinski definition) is 2. The number of benzene rings is 1. The topological polar surface area (TPSA) is 95.0 Å². The molecule has 1 aliphatic rings. The number of carboxylic acid groups (broad SMARTS) is 1. The fourth-order valence-electron chi connectivity index (χ4n) is 2.70. The molecule has 1 aliphatic heterocycles. The molecule has 0 bridgehead atoms. The summed E-state index contributed by atoms with van der Waals surface area (Å²) in [6.07, 6.45) is 2.02. The number of carbonyl (C=O) groups is 2. The number of ether oxygens (including phenoxy) is 1. The average molecular weight is 356 g/mol. The lowest BCUT2D eigenvalue weighted by Crippen LogP contribution is -2.55. The first kappa shape index (κ1) is 17.5. The molecule has 0 radical (unpaired) electrons. The van der Waals surface area contributed by atoms with Gasteiger partial charge in [0, 0.05) is 44.3 Å². The second kappa shape index (κ2) is 8.19. The van der Waals surface area contributed by atoms with Crippen LogP contribution in [0.1, 0.15) is 0 Å². The van der Waals surface area contributed by atoms with Gasteiger partial charge in [-0.3, -0.25) is 10.3 Å². The summed E-state index contributed by atoms with van der Waals surface area (Å²) < 4.78 is 5.35. The van der Waals surface area contributed by atoms with Crippen LogP contribution in [0.15, 0.2) is 54.9 Å². The molecule has 2 amide bonds. The smallest absolute Gasteiger partial charge is 0.366 e. The van der Waals surface area contributed by atoms with Gasteiger partial charge in [-0.15, -0.1) is 0 Å². The maximum absolute atomic E-state index is 12.4. The van der Waals surface area contributed by atoms with E-state index in [9.17, 15) is 14.7 Å². The molecule has 0 aliphatic carbocycles. The van der Waals surface area contributed by atoms with Gasteiger partial charge in [0.25, 0.3) is 6.23 Å². The summed E-state index contributed by atoms with van der Waals surface area (Å²) in [5, 5.41) is 11.7. The van der Waals surface area contributed by atoms with E-state index < -0.39 is 18.2 Å². The lowest BCUT2D eigenvalue weighted by Gasteiger charge is -2.36. The Balaban J connectivity index is 1.54. The Hall–Kier alpha value is -3.29. The van der Waals surface area contributed by atoms with Crippen LogP contribution in [-0.2, 0) is 4.79 Å². The Morgan fingerprint density at radius 3 is 2.31 bits per heavy atom. The number of aliphatic carboxylic acids is 1. The highest BCUT2D eigenvalue weighted by Gasteiger charge is 2.27. The van der Waals surface area contributed by atoms with E-state index in [2.05, 4.69) is 15.2 Å². The second-order valence-electron chi connectivity index (χ2n) is 5.78. The van der Waals surface area contributed by atoms with Gasteiger partial charge >= 0.3 is 12.0 Å². The molecule has 1 saturated heterocycles. The lowest BCUT2D eigenvalue weighted by molar-refractivity contribution is -0.146. The molecule has 1 unspecified atom stereocenters. The summed E-state index contributed by atoms with van der Waals surface area (Å²) in [6.45, 7) is 2.31. The van der Waals surface area contributed by atoms with Crippen LogP contribution in [-0.4, -0.2) is 59.4 Å². The van der Waals surface area contributed by atoms with Crippen molar-refractivity contribution in [3.05, 3.63) is 54.9 Å². The van der Waals surface area contributed by atoms with Gasteiger partial charge in [-0.25, -0.2) is 9.59 Å². The third-order valence-corrected chi connectivity index (χ3v) is 4.07. The van der Waals surface area contributed by atoms with Gasteiger partial charge in [0.15, 0.2) is 0 Å². The summed E-state index contributed by atoms with van der Waals surface area (Å²) >= 11 is 0. The van der Waals surface area contributed by atoms with Gasteiger partial charge in [0.05, 0.1) is 0 Å². The van der Waals surface area contributed by atoms with Crippen LogP contribution in [0.3, 0.4) is 0 Å². The Morgan fingerprint density at radius 1 is 1.04 bits per heavy atom. The molecule has 1 fully saturated rings. The summed E-state index contributed by atoms with van der Waals surface area (Å²) in [4.78, 5) is 31.5. The van der Waals surface area contributed by atoms with Crippen molar-refractivity contribution < 1.29 is 19.4 Å². The highest BCUT2D eigenvalue weighted by atomic mass is 16.5. The van der Waals surface area contributed by atoms with E-state index in [0.29, 0.717) is 31.9 Å². The molecule has 8 heteroatoms. The third kappa shape index (κ3) is 4.41. The molecular formula is C18H20N4O4. The van der Waals surface area contributed by atoms with Gasteiger partial charge in [0.2, 0.25) is 0 Å². The van der Waals surface area contributed by atoms with E-state index >= 15 is 0 Å². The van der Waals surface area contributed by atoms with Crippen LogP contribution in [0.5, 0.6) is 5.75 Å². The first-order valence-electron chi connectivity index (χ1n) is 8.28. The number of aromatic nitrogens is 1. The molecule has 1 atom stereocenters. The molecule has 0 saturated carbocycles. The number of amides is 2. The number of hydrogen-bond acceptors (Lipinski definition) is 5. The number of para-hydroxylation sites is 1. The number of pyridine rings is 1. The van der Waals surface area contributed by atoms with Crippen LogP contribution in [0, 0.1) is 0 Å². The fraction of sp³-hybridized carbons (Fsp3) is 0.278. The van der Waals surface area contributed by atoms with E-state index in [1.54, 1.807) is 47.6 Å². The van der Waals surface area contributed by atoms with Gasteiger partial charge < -0.3 is 19.6 Å². The van der Waals surface area contributed by atoms with Crippen molar-refractivity contribution in [2.24, 2.45) is 0 Å². The highest BCUT2D eigenvalue weighted by molar-refractivity contribution is 5.82. The Kier molecular flexibility index (Phi) is 5.52. The molecule has 0 spiro atoms. The minimum atomic E-state index is -1.44. The Morgan fingerprint density at radius 2 is 1.69 bits per heavy atom. The molecule has 2 aromatic rings. The van der Waals surface area contributed by atoms with Gasteiger partial charge in [-0.1, -0.05) is 18.2 Å². The summed E-state index contributed by atoms with van der Waals surface area (Å²) in [6, 6.07) is 11.9. The average Bonchev–Trinajstić information content (AvgIpc) is 2.69. The van der Waals surface area contributed by atoms with Crippen LogP contribution < -0.4 is 15.0 Å². The van der Waals surface area contributed by atoms with Crippen LogP contribution in [0.25, 0.3) is 0 Å². The van der Waals surface area contributed by atoms with Crippen molar-refractivity contribution in [2.75, 3.05) is 31.1 Å². The SMILES string of the molecule is O=C(O)C(NC(=O)N1CCN(c2ccncc2)CC1)Oc1ccccc1. The Labute approximate surface area is 151 Å².